The molecule has 1 aromatic rings. The van der Waals surface area contributed by atoms with Crippen LogP contribution in [0.25, 0.3) is 0 Å². The van der Waals surface area contributed by atoms with E-state index in [2.05, 4.69) is 58.1 Å². The highest BCUT2D eigenvalue weighted by atomic mass is 79.9. The fourth-order valence-corrected chi connectivity index (χ4v) is 1.39. The molecule has 0 saturated heterocycles. The molecule has 0 aromatic carbocycles. The highest BCUT2D eigenvalue weighted by molar-refractivity contribution is 9.10. The number of halogens is 1. The van der Waals surface area contributed by atoms with Crippen molar-refractivity contribution in [2.24, 2.45) is 0 Å². The van der Waals surface area contributed by atoms with Gasteiger partial charge in [-0.15, -0.1) is 0 Å². The third-order valence-corrected chi connectivity index (χ3v) is 3.22. The zero-order valence-corrected chi connectivity index (χ0v) is 11.1. The van der Waals surface area contributed by atoms with E-state index in [9.17, 15) is 0 Å². The first-order valence-corrected chi connectivity index (χ1v) is 5.97. The van der Waals surface area contributed by atoms with Gasteiger partial charge in [0, 0.05) is 23.8 Å². The summed E-state index contributed by atoms with van der Waals surface area (Å²) in [6, 6.07) is 2.05. The van der Waals surface area contributed by atoms with Crippen LogP contribution in [0.4, 0.5) is 5.82 Å². The fourth-order valence-electron chi connectivity index (χ4n) is 1.17. The van der Waals surface area contributed by atoms with Crippen LogP contribution in [0.3, 0.4) is 0 Å². The SMILES string of the molecule is CCN(C)CCNc1cc(C)c(Br)cn1. The number of aromatic nitrogens is 1. The minimum Gasteiger partial charge on any atom is -0.369 e. The maximum absolute atomic E-state index is 4.29. The number of pyridine rings is 1. The molecule has 0 aliphatic heterocycles. The molecule has 15 heavy (non-hydrogen) atoms. The van der Waals surface area contributed by atoms with Gasteiger partial charge in [0.15, 0.2) is 0 Å². The lowest BCUT2D eigenvalue weighted by Crippen LogP contribution is -2.24. The summed E-state index contributed by atoms with van der Waals surface area (Å²) in [5.41, 5.74) is 1.20. The van der Waals surface area contributed by atoms with E-state index < -0.39 is 0 Å². The maximum atomic E-state index is 4.29. The highest BCUT2D eigenvalue weighted by Crippen LogP contribution is 2.16. The molecule has 0 aliphatic carbocycles. The summed E-state index contributed by atoms with van der Waals surface area (Å²) in [5.74, 6) is 0.945. The van der Waals surface area contributed by atoms with Crippen LogP contribution < -0.4 is 5.32 Å². The van der Waals surface area contributed by atoms with Crippen LogP contribution in [-0.2, 0) is 0 Å². The van der Waals surface area contributed by atoms with Crippen molar-refractivity contribution in [1.82, 2.24) is 9.88 Å². The van der Waals surface area contributed by atoms with Gasteiger partial charge in [-0.25, -0.2) is 4.98 Å². The predicted octanol–water partition coefficient (Wildman–Crippen LogP) is 2.52. The summed E-state index contributed by atoms with van der Waals surface area (Å²) in [7, 11) is 2.11. The topological polar surface area (TPSA) is 28.2 Å². The molecular formula is C11H18BrN3. The summed E-state index contributed by atoms with van der Waals surface area (Å²) < 4.78 is 1.05. The molecule has 1 heterocycles. The van der Waals surface area contributed by atoms with Crippen molar-refractivity contribution < 1.29 is 0 Å². The molecular weight excluding hydrogens is 254 g/mol. The molecule has 0 fully saturated rings. The van der Waals surface area contributed by atoms with Gasteiger partial charge in [-0.3, -0.25) is 0 Å². The van der Waals surface area contributed by atoms with E-state index in [-0.39, 0.29) is 0 Å². The van der Waals surface area contributed by atoms with E-state index in [0.29, 0.717) is 0 Å². The Kier molecular flexibility index (Phi) is 5.05. The van der Waals surface area contributed by atoms with Gasteiger partial charge in [-0.2, -0.15) is 0 Å². The molecule has 1 N–H and O–H groups in total. The van der Waals surface area contributed by atoms with Gasteiger partial charge in [-0.1, -0.05) is 6.92 Å². The first kappa shape index (κ1) is 12.5. The molecule has 3 nitrogen and oxygen atoms in total. The van der Waals surface area contributed by atoms with E-state index in [0.717, 1.165) is 29.9 Å². The minimum absolute atomic E-state index is 0.929. The van der Waals surface area contributed by atoms with Gasteiger partial charge in [0.1, 0.15) is 5.82 Å². The number of nitrogens with one attached hydrogen (secondary N) is 1. The monoisotopic (exact) mass is 271 g/mol. The molecule has 4 heteroatoms. The maximum Gasteiger partial charge on any atom is 0.126 e. The zero-order chi connectivity index (χ0) is 11.3. The number of hydrogen-bond acceptors (Lipinski definition) is 3. The lowest BCUT2D eigenvalue weighted by molar-refractivity contribution is 0.367. The second-order valence-corrected chi connectivity index (χ2v) is 4.50. The average Bonchev–Trinajstić information content (AvgIpc) is 2.23. The summed E-state index contributed by atoms with van der Waals surface area (Å²) in [4.78, 5) is 6.55. The standard InChI is InChI=1S/C11H18BrN3/c1-4-15(3)6-5-13-11-7-9(2)10(12)8-14-11/h7-8H,4-6H2,1-3H3,(H,13,14). The smallest absolute Gasteiger partial charge is 0.126 e. The van der Waals surface area contributed by atoms with E-state index in [1.54, 1.807) is 0 Å². The number of hydrogen-bond donors (Lipinski definition) is 1. The van der Waals surface area contributed by atoms with Gasteiger partial charge in [0.2, 0.25) is 0 Å². The molecule has 84 valence electrons. The Hall–Kier alpha value is -0.610. The van der Waals surface area contributed by atoms with Gasteiger partial charge >= 0.3 is 0 Å². The van der Waals surface area contributed by atoms with Gasteiger partial charge in [0.05, 0.1) is 0 Å². The van der Waals surface area contributed by atoms with Crippen molar-refractivity contribution in [3.63, 3.8) is 0 Å². The van der Waals surface area contributed by atoms with E-state index in [1.807, 2.05) is 6.20 Å². The third kappa shape index (κ3) is 4.18. The van der Waals surface area contributed by atoms with Crippen molar-refractivity contribution in [3.8, 4) is 0 Å². The predicted molar refractivity (Wildman–Crippen MR) is 68.3 cm³/mol. The molecule has 0 aliphatic rings. The Morgan fingerprint density at radius 2 is 2.27 bits per heavy atom. The van der Waals surface area contributed by atoms with Crippen LogP contribution in [0, 0.1) is 6.92 Å². The van der Waals surface area contributed by atoms with Crippen LogP contribution in [0.15, 0.2) is 16.7 Å². The molecule has 0 amide bonds. The second kappa shape index (κ2) is 6.08. The van der Waals surface area contributed by atoms with Crippen LogP contribution in [0.5, 0.6) is 0 Å². The van der Waals surface area contributed by atoms with E-state index >= 15 is 0 Å². The number of rotatable bonds is 5. The van der Waals surface area contributed by atoms with Crippen LogP contribution in [0.1, 0.15) is 12.5 Å². The van der Waals surface area contributed by atoms with Crippen LogP contribution in [0.2, 0.25) is 0 Å². The van der Waals surface area contributed by atoms with Crippen molar-refractivity contribution in [2.45, 2.75) is 13.8 Å². The second-order valence-electron chi connectivity index (χ2n) is 3.64. The first-order valence-electron chi connectivity index (χ1n) is 5.18. The molecule has 0 unspecified atom stereocenters. The largest absolute Gasteiger partial charge is 0.369 e. The van der Waals surface area contributed by atoms with Gasteiger partial charge in [-0.05, 0) is 48.1 Å². The van der Waals surface area contributed by atoms with E-state index in [1.165, 1.54) is 5.56 Å². The van der Waals surface area contributed by atoms with E-state index in [4.69, 9.17) is 0 Å². The number of nitrogens with zero attached hydrogens (tertiary/aromatic N) is 2. The normalized spacial score (nSPS) is 10.7. The summed E-state index contributed by atoms with van der Waals surface area (Å²) in [6.45, 7) is 7.26. The number of anilines is 1. The quantitative estimate of drug-likeness (QED) is 0.892. The molecule has 0 radical (unpaired) electrons. The molecule has 0 spiro atoms. The van der Waals surface area contributed by atoms with Crippen LogP contribution in [-0.4, -0.2) is 36.6 Å². The summed E-state index contributed by atoms with van der Waals surface area (Å²) in [5, 5.41) is 3.30. The first-order chi connectivity index (χ1) is 7.13. The van der Waals surface area contributed by atoms with Gasteiger partial charge < -0.3 is 10.2 Å². The zero-order valence-electron chi connectivity index (χ0n) is 9.55. The minimum atomic E-state index is 0.929. The number of likely N-dealkylation sites (N-methyl/N-ethyl adjacent to an activating group) is 1. The van der Waals surface area contributed by atoms with Crippen molar-refractivity contribution in [2.75, 3.05) is 32.0 Å². The van der Waals surface area contributed by atoms with Crippen molar-refractivity contribution in [3.05, 3.63) is 22.3 Å². The Balaban J connectivity index is 2.41. The number of aryl methyl sites for hydroxylation is 1. The molecule has 0 atom stereocenters. The molecule has 0 saturated carbocycles. The molecule has 1 aromatic heterocycles. The fraction of sp³-hybridized carbons (Fsp3) is 0.545. The van der Waals surface area contributed by atoms with Crippen molar-refractivity contribution >= 4 is 21.7 Å². The van der Waals surface area contributed by atoms with Crippen molar-refractivity contribution in [1.29, 1.82) is 0 Å². The lowest BCUT2D eigenvalue weighted by atomic mass is 10.3. The Morgan fingerprint density at radius 1 is 1.53 bits per heavy atom. The lowest BCUT2D eigenvalue weighted by Gasteiger charge is -2.14. The Morgan fingerprint density at radius 3 is 2.87 bits per heavy atom. The molecule has 1 rings (SSSR count). The Bertz CT molecular complexity index is 315. The highest BCUT2D eigenvalue weighted by Gasteiger charge is 1.99. The Labute approximate surface area is 100 Å². The van der Waals surface area contributed by atoms with Gasteiger partial charge in [0.25, 0.3) is 0 Å². The third-order valence-electron chi connectivity index (χ3n) is 2.39. The summed E-state index contributed by atoms with van der Waals surface area (Å²) in [6.07, 6.45) is 1.83. The molecule has 0 bridgehead atoms. The average molecular weight is 272 g/mol. The summed E-state index contributed by atoms with van der Waals surface area (Å²) >= 11 is 3.43. The van der Waals surface area contributed by atoms with Crippen LogP contribution >= 0.6 is 15.9 Å².